The van der Waals surface area contributed by atoms with Crippen molar-refractivity contribution < 1.29 is 0 Å². The van der Waals surface area contributed by atoms with Gasteiger partial charge in [0.2, 0.25) is 0 Å². The van der Waals surface area contributed by atoms with Crippen LogP contribution in [0.2, 0.25) is 0 Å². The maximum Gasteiger partial charge on any atom is 0.354 e. The molecule has 22 heavy (non-hydrogen) atoms. The zero-order valence-corrected chi connectivity index (χ0v) is 12.4. The van der Waals surface area contributed by atoms with Crippen LogP contribution in [0.5, 0.6) is 0 Å². The van der Waals surface area contributed by atoms with E-state index in [-0.39, 0.29) is 5.69 Å². The standard InChI is InChI=1S/C18H17N3O/c1-11-4-2-3-5-15(11)21-16-10-13(12-6-7-12)8-9-14(16)17(19)20-18(21)22/h2-5,8-10,12H,6-7H2,1H3,(H2,19,20,22). The number of hydrogen-bond donors (Lipinski definition) is 1. The molecule has 0 radical (unpaired) electrons. The van der Waals surface area contributed by atoms with Gasteiger partial charge in [0.25, 0.3) is 0 Å². The second kappa shape index (κ2) is 4.70. The first-order chi connectivity index (χ1) is 10.6. The van der Waals surface area contributed by atoms with Gasteiger partial charge in [-0.2, -0.15) is 4.98 Å². The fourth-order valence-electron chi connectivity index (χ4n) is 2.98. The Morgan fingerprint density at radius 3 is 2.68 bits per heavy atom. The molecule has 4 heteroatoms. The summed E-state index contributed by atoms with van der Waals surface area (Å²) in [6.45, 7) is 1.99. The number of nitrogen functional groups attached to an aromatic ring is 1. The minimum Gasteiger partial charge on any atom is -0.383 e. The van der Waals surface area contributed by atoms with Gasteiger partial charge in [0.1, 0.15) is 5.82 Å². The Morgan fingerprint density at radius 2 is 1.95 bits per heavy atom. The molecule has 1 aromatic heterocycles. The third kappa shape index (κ3) is 1.99. The Morgan fingerprint density at radius 1 is 1.18 bits per heavy atom. The molecule has 110 valence electrons. The molecule has 0 spiro atoms. The quantitative estimate of drug-likeness (QED) is 0.789. The van der Waals surface area contributed by atoms with E-state index < -0.39 is 0 Å². The van der Waals surface area contributed by atoms with Crippen molar-refractivity contribution in [1.82, 2.24) is 9.55 Å². The lowest BCUT2D eigenvalue weighted by atomic mass is 10.1. The van der Waals surface area contributed by atoms with Gasteiger partial charge in [0.15, 0.2) is 0 Å². The molecular weight excluding hydrogens is 274 g/mol. The summed E-state index contributed by atoms with van der Waals surface area (Å²) >= 11 is 0. The molecule has 1 heterocycles. The molecule has 3 aromatic rings. The highest BCUT2D eigenvalue weighted by molar-refractivity contribution is 5.90. The highest BCUT2D eigenvalue weighted by Gasteiger charge is 2.24. The molecule has 4 nitrogen and oxygen atoms in total. The van der Waals surface area contributed by atoms with Gasteiger partial charge < -0.3 is 5.73 Å². The van der Waals surface area contributed by atoms with Gasteiger partial charge >= 0.3 is 5.69 Å². The summed E-state index contributed by atoms with van der Waals surface area (Å²) < 4.78 is 1.67. The topological polar surface area (TPSA) is 60.9 Å². The second-order valence-corrected chi connectivity index (χ2v) is 5.95. The van der Waals surface area contributed by atoms with Crippen LogP contribution in [0.25, 0.3) is 16.6 Å². The zero-order valence-electron chi connectivity index (χ0n) is 12.4. The van der Waals surface area contributed by atoms with Crippen molar-refractivity contribution in [1.29, 1.82) is 0 Å². The van der Waals surface area contributed by atoms with Crippen LogP contribution in [0.15, 0.2) is 47.3 Å². The number of hydrogen-bond acceptors (Lipinski definition) is 3. The minimum atomic E-state index is -0.327. The van der Waals surface area contributed by atoms with Gasteiger partial charge in [-0.15, -0.1) is 0 Å². The second-order valence-electron chi connectivity index (χ2n) is 5.95. The van der Waals surface area contributed by atoms with Crippen LogP contribution in [-0.4, -0.2) is 9.55 Å². The number of fused-ring (bicyclic) bond motifs is 1. The number of benzene rings is 2. The molecule has 1 fully saturated rings. The first kappa shape index (κ1) is 13.1. The number of aryl methyl sites for hydroxylation is 1. The monoisotopic (exact) mass is 291 g/mol. The van der Waals surface area contributed by atoms with E-state index in [2.05, 4.69) is 17.1 Å². The number of para-hydroxylation sites is 1. The summed E-state index contributed by atoms with van der Waals surface area (Å²) in [6, 6.07) is 14.0. The molecule has 0 unspecified atom stereocenters. The molecule has 0 saturated heterocycles. The number of nitrogens with zero attached hydrogens (tertiary/aromatic N) is 2. The van der Waals surface area contributed by atoms with Crippen molar-refractivity contribution in [3.63, 3.8) is 0 Å². The van der Waals surface area contributed by atoms with Gasteiger partial charge in [-0.25, -0.2) is 4.79 Å². The van der Waals surface area contributed by atoms with Crippen molar-refractivity contribution in [2.75, 3.05) is 5.73 Å². The van der Waals surface area contributed by atoms with Crippen LogP contribution in [0, 0.1) is 6.92 Å². The highest BCUT2D eigenvalue weighted by Crippen LogP contribution is 2.41. The van der Waals surface area contributed by atoms with Crippen molar-refractivity contribution >= 4 is 16.7 Å². The van der Waals surface area contributed by atoms with Crippen molar-refractivity contribution in [2.45, 2.75) is 25.7 Å². The van der Waals surface area contributed by atoms with Gasteiger partial charge in [-0.3, -0.25) is 4.57 Å². The third-order valence-electron chi connectivity index (χ3n) is 4.35. The lowest BCUT2D eigenvalue weighted by Crippen LogP contribution is -2.23. The molecular formula is C18H17N3O. The molecule has 1 aliphatic rings. The normalized spacial score (nSPS) is 14.4. The van der Waals surface area contributed by atoms with Crippen LogP contribution < -0.4 is 11.4 Å². The molecule has 0 amide bonds. The van der Waals surface area contributed by atoms with Crippen LogP contribution in [0.4, 0.5) is 5.82 Å². The maximum absolute atomic E-state index is 12.5. The summed E-state index contributed by atoms with van der Waals surface area (Å²) in [5.41, 5.74) is 9.65. The largest absolute Gasteiger partial charge is 0.383 e. The Bertz CT molecular complexity index is 939. The highest BCUT2D eigenvalue weighted by atomic mass is 16.1. The number of anilines is 1. The van der Waals surface area contributed by atoms with E-state index in [4.69, 9.17) is 5.73 Å². The molecule has 2 N–H and O–H groups in total. The maximum atomic E-state index is 12.5. The van der Waals surface area contributed by atoms with Gasteiger partial charge in [0, 0.05) is 5.39 Å². The minimum absolute atomic E-state index is 0.298. The Kier molecular flexibility index (Phi) is 2.79. The third-order valence-corrected chi connectivity index (χ3v) is 4.35. The van der Waals surface area contributed by atoms with Gasteiger partial charge in [-0.05, 0) is 55.0 Å². The number of nitrogens with two attached hydrogens (primary N) is 1. The Labute approximate surface area is 128 Å². The van der Waals surface area contributed by atoms with Gasteiger partial charge in [-0.1, -0.05) is 24.3 Å². The molecule has 0 aliphatic heterocycles. The number of aromatic nitrogens is 2. The zero-order chi connectivity index (χ0) is 15.3. The van der Waals surface area contributed by atoms with Crippen molar-refractivity contribution in [3.05, 3.63) is 64.1 Å². The molecule has 1 aliphatic carbocycles. The van der Waals surface area contributed by atoms with E-state index >= 15 is 0 Å². The Hall–Kier alpha value is -2.62. The lowest BCUT2D eigenvalue weighted by molar-refractivity contribution is 0.952. The van der Waals surface area contributed by atoms with Crippen molar-refractivity contribution in [3.8, 4) is 5.69 Å². The molecule has 0 atom stereocenters. The molecule has 1 saturated carbocycles. The van der Waals surface area contributed by atoms with Crippen LogP contribution in [0.1, 0.15) is 29.9 Å². The smallest absolute Gasteiger partial charge is 0.354 e. The van der Waals surface area contributed by atoms with E-state index in [1.165, 1.54) is 18.4 Å². The van der Waals surface area contributed by atoms with E-state index in [0.29, 0.717) is 11.7 Å². The molecule has 4 rings (SSSR count). The first-order valence-corrected chi connectivity index (χ1v) is 7.53. The van der Waals surface area contributed by atoms with E-state index in [0.717, 1.165) is 22.2 Å². The average molecular weight is 291 g/mol. The fraction of sp³-hybridized carbons (Fsp3) is 0.222. The number of rotatable bonds is 2. The summed E-state index contributed by atoms with van der Waals surface area (Å²) in [5, 5.41) is 0.826. The molecule has 2 aromatic carbocycles. The average Bonchev–Trinajstić information content (AvgIpc) is 3.33. The summed E-state index contributed by atoms with van der Waals surface area (Å²) in [4.78, 5) is 16.5. The van der Waals surface area contributed by atoms with E-state index in [1.54, 1.807) is 4.57 Å². The predicted octanol–water partition coefficient (Wildman–Crippen LogP) is 3.15. The summed E-state index contributed by atoms with van der Waals surface area (Å²) in [6.07, 6.45) is 2.45. The van der Waals surface area contributed by atoms with E-state index in [1.807, 2.05) is 37.3 Å². The summed E-state index contributed by atoms with van der Waals surface area (Å²) in [5.74, 6) is 0.923. The Balaban J connectivity index is 2.10. The van der Waals surface area contributed by atoms with Crippen LogP contribution in [-0.2, 0) is 0 Å². The lowest BCUT2D eigenvalue weighted by Gasteiger charge is -2.14. The SMILES string of the molecule is Cc1ccccc1-n1c(=O)nc(N)c2ccc(C3CC3)cc21. The molecule has 0 bridgehead atoms. The predicted molar refractivity (Wildman–Crippen MR) is 88.5 cm³/mol. The summed E-state index contributed by atoms with van der Waals surface area (Å²) in [7, 11) is 0. The van der Waals surface area contributed by atoms with Crippen molar-refractivity contribution in [2.24, 2.45) is 0 Å². The fourth-order valence-corrected chi connectivity index (χ4v) is 2.98. The van der Waals surface area contributed by atoms with Crippen LogP contribution >= 0.6 is 0 Å². The van der Waals surface area contributed by atoms with Gasteiger partial charge in [0.05, 0.1) is 11.2 Å². The van der Waals surface area contributed by atoms with E-state index in [9.17, 15) is 4.79 Å². The van der Waals surface area contributed by atoms with Crippen LogP contribution in [0.3, 0.4) is 0 Å². The first-order valence-electron chi connectivity index (χ1n) is 7.53.